The first-order chi connectivity index (χ1) is 13.1. The number of carbonyl (C=O) groups is 1. The van der Waals surface area contributed by atoms with Gasteiger partial charge in [0.2, 0.25) is 5.91 Å². The third-order valence-electron chi connectivity index (χ3n) is 3.66. The molecule has 10 heteroatoms. The average molecular weight is 402 g/mol. The van der Waals surface area contributed by atoms with Crippen LogP contribution in [0.5, 0.6) is 5.75 Å². The number of nitrogens with zero attached hydrogens (tertiary/aromatic N) is 3. The van der Waals surface area contributed by atoms with E-state index >= 15 is 0 Å². The number of amides is 1. The van der Waals surface area contributed by atoms with Gasteiger partial charge in [0.1, 0.15) is 11.5 Å². The van der Waals surface area contributed by atoms with E-state index in [0.717, 1.165) is 33.3 Å². The van der Waals surface area contributed by atoms with E-state index in [1.807, 2.05) is 25.1 Å². The lowest BCUT2D eigenvalue weighted by molar-refractivity contribution is -0.113. The second-order valence-electron chi connectivity index (χ2n) is 5.45. The number of aryl methyl sites for hydroxylation is 1. The van der Waals surface area contributed by atoms with Gasteiger partial charge in [-0.1, -0.05) is 23.1 Å². The molecule has 0 aliphatic carbocycles. The van der Waals surface area contributed by atoms with E-state index in [2.05, 4.69) is 20.5 Å². The van der Waals surface area contributed by atoms with E-state index in [1.165, 1.54) is 11.3 Å². The molecule has 0 saturated heterocycles. The highest BCUT2D eigenvalue weighted by molar-refractivity contribution is 7.99. The molecule has 0 aliphatic rings. The number of aromatic nitrogens is 3. The topological polar surface area (TPSA) is 103 Å². The molecule has 3 heterocycles. The standard InChI is InChI=1S/C17H14N4O4S2/c1-9-11(5-6-24-9)15-20-21-17(25-15)26-8-14(22)19-16-18-12-4-3-10(23-2)7-13(12)27-16/h3-7H,8H2,1-2H3,(H,18,19,22). The second-order valence-corrected chi connectivity index (χ2v) is 7.41. The maximum Gasteiger partial charge on any atom is 0.277 e. The summed E-state index contributed by atoms with van der Waals surface area (Å²) in [7, 11) is 1.61. The van der Waals surface area contributed by atoms with Crippen LogP contribution in [-0.4, -0.2) is 34.0 Å². The van der Waals surface area contributed by atoms with Crippen molar-refractivity contribution in [1.82, 2.24) is 15.2 Å². The molecule has 1 aromatic carbocycles. The molecule has 27 heavy (non-hydrogen) atoms. The van der Waals surface area contributed by atoms with Crippen molar-refractivity contribution in [3.05, 3.63) is 36.3 Å². The lowest BCUT2D eigenvalue weighted by atomic mass is 10.3. The van der Waals surface area contributed by atoms with Crippen LogP contribution >= 0.6 is 23.1 Å². The predicted molar refractivity (Wildman–Crippen MR) is 102 cm³/mol. The Balaban J connectivity index is 1.37. The number of rotatable bonds is 6. The number of thioether (sulfide) groups is 1. The quantitative estimate of drug-likeness (QED) is 0.483. The van der Waals surface area contributed by atoms with Crippen molar-refractivity contribution in [2.24, 2.45) is 0 Å². The molecular weight excluding hydrogens is 388 g/mol. The summed E-state index contributed by atoms with van der Waals surface area (Å²) in [6, 6.07) is 7.33. The number of anilines is 1. The number of furan rings is 1. The van der Waals surface area contributed by atoms with E-state index in [4.69, 9.17) is 13.6 Å². The Bertz CT molecular complexity index is 1100. The summed E-state index contributed by atoms with van der Waals surface area (Å²) in [6.45, 7) is 1.81. The smallest absolute Gasteiger partial charge is 0.277 e. The Hall–Kier alpha value is -2.85. The Morgan fingerprint density at radius 1 is 1.33 bits per heavy atom. The Labute approximate surface area is 161 Å². The fourth-order valence-electron chi connectivity index (χ4n) is 2.35. The van der Waals surface area contributed by atoms with Crippen molar-refractivity contribution in [2.75, 3.05) is 18.2 Å². The Morgan fingerprint density at radius 3 is 3.00 bits per heavy atom. The molecule has 1 N–H and O–H groups in total. The summed E-state index contributed by atoms with van der Waals surface area (Å²) in [6.07, 6.45) is 1.56. The second kappa shape index (κ2) is 7.41. The van der Waals surface area contributed by atoms with Crippen molar-refractivity contribution in [1.29, 1.82) is 0 Å². The van der Waals surface area contributed by atoms with Gasteiger partial charge in [0.05, 0.1) is 34.9 Å². The van der Waals surface area contributed by atoms with Crippen LogP contribution in [0.1, 0.15) is 5.76 Å². The molecule has 8 nitrogen and oxygen atoms in total. The van der Waals surface area contributed by atoms with Gasteiger partial charge in [-0.15, -0.1) is 10.2 Å². The fourth-order valence-corrected chi connectivity index (χ4v) is 3.83. The monoisotopic (exact) mass is 402 g/mol. The molecule has 0 aliphatic heterocycles. The summed E-state index contributed by atoms with van der Waals surface area (Å²) in [5.41, 5.74) is 1.55. The average Bonchev–Trinajstić information content (AvgIpc) is 3.38. The fraction of sp³-hybridized carbons (Fsp3) is 0.176. The van der Waals surface area contributed by atoms with Crippen LogP contribution in [0.15, 0.2) is 44.6 Å². The minimum atomic E-state index is -0.203. The van der Waals surface area contributed by atoms with Gasteiger partial charge < -0.3 is 18.9 Å². The third-order valence-corrected chi connectivity index (χ3v) is 5.42. The van der Waals surface area contributed by atoms with Crippen LogP contribution < -0.4 is 10.1 Å². The van der Waals surface area contributed by atoms with Crippen LogP contribution in [0.25, 0.3) is 21.7 Å². The van der Waals surface area contributed by atoms with E-state index in [-0.39, 0.29) is 11.7 Å². The molecule has 0 radical (unpaired) electrons. The maximum atomic E-state index is 12.2. The van der Waals surface area contributed by atoms with E-state index in [9.17, 15) is 4.79 Å². The van der Waals surface area contributed by atoms with Crippen LogP contribution in [0, 0.1) is 6.92 Å². The summed E-state index contributed by atoms with van der Waals surface area (Å²) in [5.74, 6) is 1.74. The number of ether oxygens (including phenoxy) is 1. The third kappa shape index (κ3) is 3.81. The molecule has 0 atom stereocenters. The van der Waals surface area contributed by atoms with Crippen molar-refractivity contribution in [2.45, 2.75) is 12.1 Å². The van der Waals surface area contributed by atoms with Gasteiger partial charge in [0.15, 0.2) is 5.13 Å². The first-order valence-corrected chi connectivity index (χ1v) is 9.68. The SMILES string of the molecule is COc1ccc2nc(NC(=O)CSc3nnc(-c4ccoc4C)o3)sc2c1. The van der Waals surface area contributed by atoms with Crippen molar-refractivity contribution in [3.63, 3.8) is 0 Å². The predicted octanol–water partition coefficient (Wildman–Crippen LogP) is 3.99. The zero-order chi connectivity index (χ0) is 18.8. The van der Waals surface area contributed by atoms with Gasteiger partial charge in [-0.3, -0.25) is 4.79 Å². The van der Waals surface area contributed by atoms with E-state index < -0.39 is 0 Å². The van der Waals surface area contributed by atoms with Gasteiger partial charge in [0, 0.05) is 0 Å². The van der Waals surface area contributed by atoms with E-state index in [0.29, 0.717) is 22.0 Å². The number of methoxy groups -OCH3 is 1. The molecule has 138 valence electrons. The van der Waals surface area contributed by atoms with Crippen molar-refractivity contribution >= 4 is 44.4 Å². The number of nitrogens with one attached hydrogen (secondary N) is 1. The van der Waals surface area contributed by atoms with Gasteiger partial charge in [0.25, 0.3) is 11.1 Å². The molecule has 3 aromatic heterocycles. The zero-order valence-electron chi connectivity index (χ0n) is 14.4. The number of hydrogen-bond donors (Lipinski definition) is 1. The van der Waals surface area contributed by atoms with Gasteiger partial charge in [-0.05, 0) is 31.2 Å². The first kappa shape index (κ1) is 17.6. The molecule has 0 fully saturated rings. The zero-order valence-corrected chi connectivity index (χ0v) is 16.0. The summed E-state index contributed by atoms with van der Waals surface area (Å²) in [4.78, 5) is 16.6. The molecule has 0 spiro atoms. The number of thiazole rings is 1. The maximum absolute atomic E-state index is 12.2. The Morgan fingerprint density at radius 2 is 2.22 bits per heavy atom. The van der Waals surface area contributed by atoms with Gasteiger partial charge >= 0.3 is 0 Å². The lowest BCUT2D eigenvalue weighted by Gasteiger charge is -1.98. The molecule has 4 rings (SSSR count). The highest BCUT2D eigenvalue weighted by atomic mass is 32.2. The lowest BCUT2D eigenvalue weighted by Crippen LogP contribution is -2.13. The Kier molecular flexibility index (Phi) is 4.82. The summed E-state index contributed by atoms with van der Waals surface area (Å²) < 4.78 is 16.9. The molecule has 0 bridgehead atoms. The minimum Gasteiger partial charge on any atom is -0.497 e. The number of benzene rings is 1. The van der Waals surface area contributed by atoms with Crippen LogP contribution in [0.3, 0.4) is 0 Å². The number of hydrogen-bond acceptors (Lipinski definition) is 9. The molecule has 1 amide bonds. The number of carbonyl (C=O) groups excluding carboxylic acids is 1. The van der Waals surface area contributed by atoms with Crippen molar-refractivity contribution in [3.8, 4) is 17.2 Å². The molecule has 4 aromatic rings. The molecule has 0 unspecified atom stereocenters. The van der Waals surface area contributed by atoms with Crippen LogP contribution in [-0.2, 0) is 4.79 Å². The molecular formula is C17H14N4O4S2. The summed E-state index contributed by atoms with van der Waals surface area (Å²) in [5, 5.41) is 11.5. The number of fused-ring (bicyclic) bond motifs is 1. The van der Waals surface area contributed by atoms with Crippen LogP contribution in [0.2, 0.25) is 0 Å². The molecule has 0 saturated carbocycles. The van der Waals surface area contributed by atoms with Crippen LogP contribution in [0.4, 0.5) is 5.13 Å². The van der Waals surface area contributed by atoms with Gasteiger partial charge in [-0.25, -0.2) is 4.98 Å². The normalized spacial score (nSPS) is 11.0. The summed E-state index contributed by atoms with van der Waals surface area (Å²) >= 11 is 2.55. The first-order valence-electron chi connectivity index (χ1n) is 7.87. The highest BCUT2D eigenvalue weighted by Crippen LogP contribution is 2.30. The highest BCUT2D eigenvalue weighted by Gasteiger charge is 2.15. The minimum absolute atomic E-state index is 0.130. The largest absolute Gasteiger partial charge is 0.497 e. The van der Waals surface area contributed by atoms with E-state index in [1.54, 1.807) is 19.4 Å². The van der Waals surface area contributed by atoms with Gasteiger partial charge in [-0.2, -0.15) is 0 Å². The van der Waals surface area contributed by atoms with Crippen molar-refractivity contribution < 1.29 is 18.4 Å².